The number of hydrogen-bond donors (Lipinski definition) is 2. The van der Waals surface area contributed by atoms with Gasteiger partial charge >= 0.3 is 5.97 Å². The molecule has 0 heterocycles. The van der Waals surface area contributed by atoms with Crippen LogP contribution in [0.2, 0.25) is 0 Å². The Labute approximate surface area is 65.9 Å². The first-order valence-electron chi connectivity index (χ1n) is 3.88. The van der Waals surface area contributed by atoms with Crippen LogP contribution in [0.15, 0.2) is 11.3 Å². The van der Waals surface area contributed by atoms with Crippen LogP contribution in [0.3, 0.4) is 0 Å². The molecule has 62 valence electrons. The molecule has 1 aliphatic carbocycles. The predicted octanol–water partition coefficient (Wildman–Crippen LogP) is 1.25. The Morgan fingerprint density at radius 2 is 2.09 bits per heavy atom. The number of allylic oxidation sites excluding steroid dienone is 1. The van der Waals surface area contributed by atoms with Crippen LogP contribution in [0.5, 0.6) is 0 Å². The molecular formula is C8H13NO2. The third-order valence-corrected chi connectivity index (χ3v) is 1.99. The second-order valence-electron chi connectivity index (χ2n) is 2.91. The van der Waals surface area contributed by atoms with E-state index in [1.165, 1.54) is 0 Å². The van der Waals surface area contributed by atoms with E-state index in [1.807, 2.05) is 0 Å². The smallest absolute Gasteiger partial charge is 0.307 e. The number of rotatable bonds is 2. The SMILES string of the molecule is NC1=C(CC(=O)O)CCCC1. The minimum atomic E-state index is -0.773. The lowest BCUT2D eigenvalue weighted by Gasteiger charge is -2.15. The van der Waals surface area contributed by atoms with Gasteiger partial charge in [-0.05, 0) is 31.3 Å². The second-order valence-corrected chi connectivity index (χ2v) is 2.91. The van der Waals surface area contributed by atoms with Crippen molar-refractivity contribution in [1.29, 1.82) is 0 Å². The largest absolute Gasteiger partial charge is 0.481 e. The first-order valence-corrected chi connectivity index (χ1v) is 3.88. The Bertz CT molecular complexity index is 196. The summed E-state index contributed by atoms with van der Waals surface area (Å²) in [5, 5.41) is 8.49. The zero-order chi connectivity index (χ0) is 8.27. The highest BCUT2D eigenvalue weighted by Crippen LogP contribution is 2.23. The Morgan fingerprint density at radius 3 is 2.64 bits per heavy atom. The molecule has 0 radical (unpaired) electrons. The van der Waals surface area contributed by atoms with Gasteiger partial charge in [-0.2, -0.15) is 0 Å². The van der Waals surface area contributed by atoms with Gasteiger partial charge in [0.25, 0.3) is 0 Å². The van der Waals surface area contributed by atoms with Crippen molar-refractivity contribution in [1.82, 2.24) is 0 Å². The van der Waals surface area contributed by atoms with E-state index in [2.05, 4.69) is 0 Å². The van der Waals surface area contributed by atoms with Crippen molar-refractivity contribution in [2.24, 2.45) is 5.73 Å². The quantitative estimate of drug-likeness (QED) is 0.630. The van der Waals surface area contributed by atoms with Gasteiger partial charge in [-0.1, -0.05) is 0 Å². The van der Waals surface area contributed by atoms with Crippen molar-refractivity contribution in [3.63, 3.8) is 0 Å². The lowest BCUT2D eigenvalue weighted by Crippen LogP contribution is -2.10. The van der Waals surface area contributed by atoms with Crippen molar-refractivity contribution in [3.8, 4) is 0 Å². The van der Waals surface area contributed by atoms with Gasteiger partial charge in [-0.25, -0.2) is 0 Å². The first kappa shape index (κ1) is 8.11. The summed E-state index contributed by atoms with van der Waals surface area (Å²) in [4.78, 5) is 10.3. The molecule has 0 unspecified atom stereocenters. The Kier molecular flexibility index (Phi) is 2.52. The second kappa shape index (κ2) is 3.42. The summed E-state index contributed by atoms with van der Waals surface area (Å²) in [7, 11) is 0. The number of nitrogens with two attached hydrogens (primary N) is 1. The van der Waals surface area contributed by atoms with Crippen molar-refractivity contribution < 1.29 is 9.90 Å². The summed E-state index contributed by atoms with van der Waals surface area (Å²) in [6.07, 6.45) is 4.07. The van der Waals surface area contributed by atoms with Gasteiger partial charge < -0.3 is 10.8 Å². The molecule has 0 fully saturated rings. The molecule has 0 atom stereocenters. The third-order valence-electron chi connectivity index (χ3n) is 1.99. The molecule has 0 aromatic carbocycles. The molecule has 0 saturated carbocycles. The minimum absolute atomic E-state index is 0.131. The van der Waals surface area contributed by atoms with E-state index in [0.717, 1.165) is 37.0 Å². The molecule has 0 aromatic heterocycles. The van der Waals surface area contributed by atoms with Crippen LogP contribution in [-0.4, -0.2) is 11.1 Å². The molecule has 1 aliphatic rings. The highest BCUT2D eigenvalue weighted by molar-refractivity contribution is 5.70. The summed E-state index contributed by atoms with van der Waals surface area (Å²) in [5.41, 5.74) is 7.38. The average Bonchev–Trinajstić information content (AvgIpc) is 1.93. The van der Waals surface area contributed by atoms with E-state index < -0.39 is 5.97 Å². The fourth-order valence-electron chi connectivity index (χ4n) is 1.38. The molecule has 0 spiro atoms. The van der Waals surface area contributed by atoms with Gasteiger partial charge in [-0.15, -0.1) is 0 Å². The molecule has 3 heteroatoms. The maximum atomic E-state index is 10.3. The normalized spacial score (nSPS) is 18.5. The number of carbonyl (C=O) groups is 1. The molecule has 3 N–H and O–H groups in total. The van der Waals surface area contributed by atoms with Gasteiger partial charge in [-0.3, -0.25) is 4.79 Å². The highest BCUT2D eigenvalue weighted by Gasteiger charge is 2.12. The van der Waals surface area contributed by atoms with Crippen LogP contribution < -0.4 is 5.73 Å². The molecule has 1 rings (SSSR count). The summed E-state index contributed by atoms with van der Waals surface area (Å²) >= 11 is 0. The number of aliphatic carboxylic acids is 1. The Balaban J connectivity index is 2.59. The average molecular weight is 155 g/mol. The van der Waals surface area contributed by atoms with Crippen molar-refractivity contribution in [2.45, 2.75) is 32.1 Å². The van der Waals surface area contributed by atoms with Crippen molar-refractivity contribution in [2.75, 3.05) is 0 Å². The maximum Gasteiger partial charge on any atom is 0.307 e. The fourth-order valence-corrected chi connectivity index (χ4v) is 1.38. The lowest BCUT2D eigenvalue weighted by molar-refractivity contribution is -0.136. The van der Waals surface area contributed by atoms with Gasteiger partial charge in [0.15, 0.2) is 0 Å². The van der Waals surface area contributed by atoms with E-state index in [0.29, 0.717) is 0 Å². The van der Waals surface area contributed by atoms with Crippen LogP contribution in [0.25, 0.3) is 0 Å². The third kappa shape index (κ3) is 2.26. The van der Waals surface area contributed by atoms with Crippen molar-refractivity contribution >= 4 is 5.97 Å². The topological polar surface area (TPSA) is 63.3 Å². The predicted molar refractivity (Wildman–Crippen MR) is 41.9 cm³/mol. The summed E-state index contributed by atoms with van der Waals surface area (Å²) < 4.78 is 0. The van der Waals surface area contributed by atoms with Crippen LogP contribution in [-0.2, 0) is 4.79 Å². The Morgan fingerprint density at radius 1 is 1.45 bits per heavy atom. The standard InChI is InChI=1S/C8H13NO2/c9-7-4-2-1-3-6(7)5-8(10)11/h1-5,9H2,(H,10,11). The van der Waals surface area contributed by atoms with E-state index in [-0.39, 0.29) is 6.42 Å². The van der Waals surface area contributed by atoms with E-state index >= 15 is 0 Å². The molecule has 3 nitrogen and oxygen atoms in total. The maximum absolute atomic E-state index is 10.3. The van der Waals surface area contributed by atoms with Crippen LogP contribution in [0.4, 0.5) is 0 Å². The zero-order valence-electron chi connectivity index (χ0n) is 6.47. The van der Waals surface area contributed by atoms with E-state index in [4.69, 9.17) is 10.8 Å². The molecule has 0 aliphatic heterocycles. The van der Waals surface area contributed by atoms with Gasteiger partial charge in [0.05, 0.1) is 6.42 Å². The van der Waals surface area contributed by atoms with Gasteiger partial charge in [0.1, 0.15) is 0 Å². The molecule has 0 saturated heterocycles. The van der Waals surface area contributed by atoms with Crippen molar-refractivity contribution in [3.05, 3.63) is 11.3 Å². The van der Waals surface area contributed by atoms with E-state index in [9.17, 15) is 4.79 Å². The highest BCUT2D eigenvalue weighted by atomic mass is 16.4. The molecular weight excluding hydrogens is 142 g/mol. The molecule has 0 bridgehead atoms. The lowest BCUT2D eigenvalue weighted by atomic mass is 9.94. The fraction of sp³-hybridized carbons (Fsp3) is 0.625. The first-order chi connectivity index (χ1) is 5.20. The summed E-state index contributed by atoms with van der Waals surface area (Å²) in [6.45, 7) is 0. The van der Waals surface area contributed by atoms with Crippen LogP contribution >= 0.6 is 0 Å². The van der Waals surface area contributed by atoms with Gasteiger partial charge in [0, 0.05) is 5.70 Å². The summed E-state index contributed by atoms with van der Waals surface area (Å²) in [5.74, 6) is -0.773. The van der Waals surface area contributed by atoms with Crippen LogP contribution in [0, 0.1) is 0 Å². The number of carboxylic acids is 1. The Hall–Kier alpha value is -0.990. The molecule has 0 amide bonds. The number of hydrogen-bond acceptors (Lipinski definition) is 2. The van der Waals surface area contributed by atoms with Gasteiger partial charge in [0.2, 0.25) is 0 Å². The van der Waals surface area contributed by atoms with Crippen LogP contribution in [0.1, 0.15) is 32.1 Å². The number of carboxylic acid groups (broad SMARTS) is 1. The molecule has 0 aromatic rings. The van der Waals surface area contributed by atoms with E-state index in [1.54, 1.807) is 0 Å². The summed E-state index contributed by atoms with van der Waals surface area (Å²) in [6, 6.07) is 0. The molecule has 11 heavy (non-hydrogen) atoms. The monoisotopic (exact) mass is 155 g/mol. The zero-order valence-corrected chi connectivity index (χ0v) is 6.47. The minimum Gasteiger partial charge on any atom is -0.481 e.